The minimum absolute atomic E-state index is 0. The Bertz CT molecular complexity index is 2230. The van der Waals surface area contributed by atoms with Crippen molar-refractivity contribution in [2.24, 2.45) is 6.98 Å². The van der Waals surface area contributed by atoms with Crippen LogP contribution in [0.15, 0.2) is 96.6 Å². The quantitative estimate of drug-likeness (QED) is 0.105. The SMILES string of the molecule is CC(C)c1cccc(C(C)C)c1B1N(C)c2ccc[c-]c2-c2nccn21.[2H]C([2H])([2H])[n+]1[c-]n(-c2csc3ccc[c-]c23)c2ccccc21.[Ir+3]. The summed E-state index contributed by atoms with van der Waals surface area (Å²) in [6.45, 7) is 6.96. The molecule has 0 bridgehead atoms. The largest absolute Gasteiger partial charge is 3.00 e. The van der Waals surface area contributed by atoms with E-state index in [-0.39, 0.29) is 27.1 Å². The van der Waals surface area contributed by atoms with E-state index in [1.54, 1.807) is 22.0 Å². The second-order valence-corrected chi connectivity index (χ2v) is 12.9. The minimum Gasteiger partial charge on any atom is -0.436 e. The van der Waals surface area contributed by atoms with Crippen molar-refractivity contribution in [3.8, 4) is 17.1 Å². The van der Waals surface area contributed by atoms with Crippen LogP contribution in [0.2, 0.25) is 0 Å². The molecular weight excluding hydrogens is 762 g/mol. The molecule has 0 saturated carbocycles. The molecule has 230 valence electrons. The number of imidazole rings is 2. The molecular formula is C38H36BIrN5S+. The summed E-state index contributed by atoms with van der Waals surface area (Å²) in [7, 11) is 2.18. The number of nitrogens with zero attached hydrogens (tertiary/aromatic N) is 5. The molecule has 8 heteroatoms. The van der Waals surface area contributed by atoms with Crippen LogP contribution >= 0.6 is 11.3 Å². The van der Waals surface area contributed by atoms with Crippen molar-refractivity contribution >= 4 is 50.6 Å². The van der Waals surface area contributed by atoms with Crippen molar-refractivity contribution in [1.29, 1.82) is 0 Å². The molecule has 8 rings (SSSR count). The van der Waals surface area contributed by atoms with E-state index in [2.05, 4.69) is 104 Å². The molecule has 5 nitrogen and oxygen atoms in total. The molecule has 7 aromatic rings. The van der Waals surface area contributed by atoms with Crippen molar-refractivity contribution < 1.29 is 28.8 Å². The fourth-order valence-electron chi connectivity index (χ4n) is 6.46. The fraction of sp³-hybridized carbons (Fsp3) is 0.211. The summed E-state index contributed by atoms with van der Waals surface area (Å²) < 4.78 is 29.5. The third-order valence-corrected chi connectivity index (χ3v) is 9.52. The number of aryl methyl sites for hydroxylation is 1. The Balaban J connectivity index is 0.000000169. The van der Waals surface area contributed by atoms with Crippen molar-refractivity contribution in [2.75, 3.05) is 11.9 Å². The molecule has 0 N–H and O–H groups in total. The third kappa shape index (κ3) is 5.43. The number of fused-ring (bicyclic) bond motifs is 5. The van der Waals surface area contributed by atoms with Crippen LogP contribution in [0.4, 0.5) is 5.69 Å². The zero-order chi connectivity index (χ0) is 33.7. The summed E-state index contributed by atoms with van der Waals surface area (Å²) in [5.74, 6) is 1.93. The molecule has 0 spiro atoms. The summed E-state index contributed by atoms with van der Waals surface area (Å²) in [4.78, 5) is 7.03. The molecule has 0 radical (unpaired) electrons. The molecule has 1 aliphatic rings. The second kappa shape index (κ2) is 13.0. The number of benzene rings is 4. The van der Waals surface area contributed by atoms with Gasteiger partial charge in [-0.2, -0.15) is 0 Å². The number of anilines is 1. The summed E-state index contributed by atoms with van der Waals surface area (Å²) in [6.07, 6.45) is 6.98. The van der Waals surface area contributed by atoms with Crippen LogP contribution in [0.1, 0.15) is 54.8 Å². The van der Waals surface area contributed by atoms with Crippen LogP contribution in [0.25, 0.3) is 38.2 Å². The Morgan fingerprint density at radius 3 is 2.39 bits per heavy atom. The predicted octanol–water partition coefficient (Wildman–Crippen LogP) is 7.56. The van der Waals surface area contributed by atoms with Gasteiger partial charge in [0, 0.05) is 18.2 Å². The summed E-state index contributed by atoms with van der Waals surface area (Å²) in [5, 5.41) is 2.98. The van der Waals surface area contributed by atoms with Gasteiger partial charge >= 0.3 is 27.1 Å². The first-order valence-corrected chi connectivity index (χ1v) is 16.2. The molecule has 0 saturated heterocycles. The summed E-state index contributed by atoms with van der Waals surface area (Å²) in [5.41, 5.74) is 8.85. The van der Waals surface area contributed by atoms with Crippen molar-refractivity contribution in [2.45, 2.75) is 39.5 Å². The number of rotatable bonds is 4. The van der Waals surface area contributed by atoms with Crippen LogP contribution in [-0.2, 0) is 27.1 Å². The zero-order valence-electron chi connectivity index (χ0n) is 29.4. The second-order valence-electron chi connectivity index (χ2n) is 12.0. The maximum absolute atomic E-state index is 7.70. The fourth-order valence-corrected chi connectivity index (χ4v) is 7.36. The van der Waals surface area contributed by atoms with Crippen LogP contribution in [-0.4, -0.2) is 28.1 Å². The first kappa shape index (κ1) is 28.3. The molecule has 0 atom stereocenters. The molecule has 0 aliphatic carbocycles. The van der Waals surface area contributed by atoms with E-state index in [1.807, 2.05) is 54.0 Å². The maximum atomic E-state index is 7.70. The van der Waals surface area contributed by atoms with Gasteiger partial charge in [-0.3, -0.25) is 4.98 Å². The van der Waals surface area contributed by atoms with E-state index in [4.69, 9.17) is 4.11 Å². The Hall–Kier alpha value is -3.97. The molecule has 4 aromatic carbocycles. The monoisotopic (exact) mass is 801 g/mol. The first-order valence-electron chi connectivity index (χ1n) is 16.8. The standard InChI is InChI=1S/C22H25BN3.C16H11N2S.Ir/c1-15(2)17-10-8-11-18(16(3)4)21(17)23-25(5)20-12-7-6-9-19(20)22-24-13-14-26(22)23;1-17-11-18(14-8-4-3-7-13(14)17)15-10-19-16-9-5-2-6-12(15)16;/h6-8,10-16H,1-5H3;2-5,7-10H,1H3;/q2*-1;+3/i;1D3;. The zero-order valence-corrected chi connectivity index (χ0v) is 29.7. The molecule has 0 unspecified atom stereocenters. The van der Waals surface area contributed by atoms with Gasteiger partial charge in [0.25, 0.3) is 0 Å². The number of hydrogen-bond donors (Lipinski definition) is 0. The topological polar surface area (TPSA) is 29.9 Å². The Kier molecular flexibility index (Phi) is 8.01. The van der Waals surface area contributed by atoms with Crippen LogP contribution in [0.3, 0.4) is 0 Å². The van der Waals surface area contributed by atoms with E-state index >= 15 is 0 Å². The van der Waals surface area contributed by atoms with Crippen LogP contribution in [0.5, 0.6) is 0 Å². The average Bonchev–Trinajstić information content (AvgIpc) is 3.82. The Morgan fingerprint density at radius 2 is 1.63 bits per heavy atom. The maximum Gasteiger partial charge on any atom is 3.00 e. The van der Waals surface area contributed by atoms with Gasteiger partial charge in [-0.05, 0) is 40.9 Å². The molecule has 46 heavy (non-hydrogen) atoms. The Morgan fingerprint density at radius 1 is 0.891 bits per heavy atom. The third-order valence-electron chi connectivity index (χ3n) is 8.59. The number of thiophene rings is 1. The molecule has 4 heterocycles. The number of hydrogen-bond acceptors (Lipinski definition) is 3. The van der Waals surface area contributed by atoms with Gasteiger partial charge in [-0.1, -0.05) is 91.5 Å². The van der Waals surface area contributed by atoms with Gasteiger partial charge in [-0.25, -0.2) is 11.3 Å². The summed E-state index contributed by atoms with van der Waals surface area (Å²) in [6, 6.07) is 32.8. The van der Waals surface area contributed by atoms with Crippen LogP contribution < -0.4 is 14.8 Å². The van der Waals surface area contributed by atoms with E-state index in [1.165, 1.54) is 26.8 Å². The number of para-hydroxylation sites is 2. The summed E-state index contributed by atoms with van der Waals surface area (Å²) >= 11 is 1.61. The van der Waals surface area contributed by atoms with E-state index in [9.17, 15) is 0 Å². The molecule has 3 aromatic heterocycles. The van der Waals surface area contributed by atoms with Gasteiger partial charge in [0.05, 0.1) is 27.8 Å². The van der Waals surface area contributed by atoms with Crippen molar-refractivity contribution in [3.63, 3.8) is 0 Å². The van der Waals surface area contributed by atoms with E-state index in [0.717, 1.165) is 32.7 Å². The predicted molar refractivity (Wildman–Crippen MR) is 188 cm³/mol. The smallest absolute Gasteiger partial charge is 0.436 e. The normalized spacial score (nSPS) is 13.5. The van der Waals surface area contributed by atoms with Gasteiger partial charge in [-0.15, -0.1) is 48.5 Å². The average molecular weight is 801 g/mol. The molecule has 0 amide bonds. The first-order chi connectivity index (χ1) is 23.1. The minimum atomic E-state index is -2.26. The molecule has 1 aliphatic heterocycles. The van der Waals surface area contributed by atoms with E-state index < -0.39 is 6.98 Å². The van der Waals surface area contributed by atoms with Gasteiger partial charge in [0.1, 0.15) is 0 Å². The van der Waals surface area contributed by atoms with E-state index in [0.29, 0.717) is 17.4 Å². The molecule has 0 fully saturated rings. The van der Waals surface area contributed by atoms with Gasteiger partial charge in [0.15, 0.2) is 0 Å². The number of aromatic nitrogens is 4. The Labute approximate surface area is 293 Å². The van der Waals surface area contributed by atoms with Crippen LogP contribution in [0, 0.1) is 18.5 Å². The van der Waals surface area contributed by atoms with Gasteiger partial charge < -0.3 is 18.4 Å². The van der Waals surface area contributed by atoms with Crippen molar-refractivity contribution in [3.05, 3.63) is 126 Å². The van der Waals surface area contributed by atoms with Crippen molar-refractivity contribution in [1.82, 2.24) is 14.0 Å². The van der Waals surface area contributed by atoms with Gasteiger partial charge in [0.2, 0.25) is 6.33 Å².